The Morgan fingerprint density at radius 3 is 2.71 bits per heavy atom. The number of H-pyrrole nitrogens is 1. The van der Waals surface area contributed by atoms with Crippen LogP contribution in [0.3, 0.4) is 0 Å². The number of piperidine rings is 1. The van der Waals surface area contributed by atoms with E-state index in [9.17, 15) is 4.79 Å². The van der Waals surface area contributed by atoms with Gasteiger partial charge >= 0.3 is 0 Å². The quantitative estimate of drug-likeness (QED) is 0.911. The highest BCUT2D eigenvalue weighted by Crippen LogP contribution is 2.40. The topological polar surface area (TPSA) is 74.8 Å². The molecular weight excluding hydrogens is 266 g/mol. The third-order valence-electron chi connectivity index (χ3n) is 4.86. The molecule has 6 nitrogen and oxygen atoms in total. The van der Waals surface area contributed by atoms with Gasteiger partial charge in [0.1, 0.15) is 5.52 Å². The fourth-order valence-corrected chi connectivity index (χ4v) is 3.34. The Labute approximate surface area is 123 Å². The number of hydrogen-bond acceptors (Lipinski definition) is 4. The number of carbonyl (C=O) groups is 1. The van der Waals surface area contributed by atoms with Crippen molar-refractivity contribution in [2.45, 2.75) is 32.1 Å². The number of amides is 1. The standard InChI is InChI=1S/C15H19N5O/c1-9-8-11(9)15(21)20-6-2-10(3-7-20)12-13-14(19-18-12)17-5-4-16-13/h4-5,9-11H,2-3,6-8H2,1H3,(H,17,18,19)/t9-,11+/m1/s1. The Balaban J connectivity index is 1.46. The lowest BCUT2D eigenvalue weighted by Gasteiger charge is -2.31. The van der Waals surface area contributed by atoms with E-state index in [1.165, 1.54) is 0 Å². The lowest BCUT2D eigenvalue weighted by Crippen LogP contribution is -2.39. The first kappa shape index (κ1) is 12.7. The number of fused-ring (bicyclic) bond motifs is 1. The van der Waals surface area contributed by atoms with Crippen molar-refractivity contribution in [3.05, 3.63) is 18.1 Å². The Morgan fingerprint density at radius 2 is 2.00 bits per heavy atom. The molecule has 0 spiro atoms. The van der Waals surface area contributed by atoms with Gasteiger partial charge in [0.15, 0.2) is 5.65 Å². The molecule has 2 aliphatic rings. The molecule has 3 heterocycles. The summed E-state index contributed by atoms with van der Waals surface area (Å²) in [4.78, 5) is 22.9. The molecule has 0 radical (unpaired) electrons. The van der Waals surface area contributed by atoms with Crippen LogP contribution in [-0.2, 0) is 4.79 Å². The van der Waals surface area contributed by atoms with Crippen LogP contribution in [0, 0.1) is 11.8 Å². The number of nitrogens with zero attached hydrogens (tertiary/aromatic N) is 4. The summed E-state index contributed by atoms with van der Waals surface area (Å²) >= 11 is 0. The zero-order chi connectivity index (χ0) is 14.4. The molecule has 1 aliphatic heterocycles. The molecule has 1 saturated carbocycles. The molecule has 0 bridgehead atoms. The zero-order valence-electron chi connectivity index (χ0n) is 12.1. The molecule has 2 fully saturated rings. The molecule has 1 N–H and O–H groups in total. The van der Waals surface area contributed by atoms with E-state index < -0.39 is 0 Å². The Kier molecular flexibility index (Phi) is 2.90. The molecule has 1 saturated heterocycles. The fraction of sp³-hybridized carbons (Fsp3) is 0.600. The lowest BCUT2D eigenvalue weighted by molar-refractivity contribution is -0.133. The van der Waals surface area contributed by atoms with Crippen molar-refractivity contribution < 1.29 is 4.79 Å². The molecule has 4 rings (SSSR count). The van der Waals surface area contributed by atoms with Gasteiger partial charge in [0.25, 0.3) is 0 Å². The van der Waals surface area contributed by atoms with Gasteiger partial charge < -0.3 is 4.90 Å². The van der Waals surface area contributed by atoms with Crippen LogP contribution in [0.1, 0.15) is 37.8 Å². The van der Waals surface area contributed by atoms with Gasteiger partial charge in [0.05, 0.1) is 5.69 Å². The fourth-order valence-electron chi connectivity index (χ4n) is 3.34. The minimum atomic E-state index is 0.292. The smallest absolute Gasteiger partial charge is 0.225 e. The Hall–Kier alpha value is -1.98. The summed E-state index contributed by atoms with van der Waals surface area (Å²) in [6.07, 6.45) is 6.38. The molecule has 0 aromatic carbocycles. The van der Waals surface area contributed by atoms with E-state index in [0.29, 0.717) is 29.3 Å². The largest absolute Gasteiger partial charge is 0.342 e. The molecule has 0 unspecified atom stereocenters. The normalized spacial score (nSPS) is 26.2. The van der Waals surface area contributed by atoms with Gasteiger partial charge in [0, 0.05) is 37.3 Å². The highest BCUT2D eigenvalue weighted by atomic mass is 16.2. The second-order valence-corrected chi connectivity index (χ2v) is 6.28. The highest BCUT2D eigenvalue weighted by molar-refractivity contribution is 5.81. The summed E-state index contributed by atoms with van der Waals surface area (Å²) in [6, 6.07) is 0. The molecule has 1 aliphatic carbocycles. The summed E-state index contributed by atoms with van der Waals surface area (Å²) in [6.45, 7) is 3.84. The molecule has 2 aromatic rings. The summed E-state index contributed by atoms with van der Waals surface area (Å²) in [7, 11) is 0. The first-order valence-corrected chi connectivity index (χ1v) is 7.68. The summed E-state index contributed by atoms with van der Waals surface area (Å²) in [5.41, 5.74) is 2.63. The lowest BCUT2D eigenvalue weighted by atomic mass is 9.93. The van der Waals surface area contributed by atoms with E-state index in [1.54, 1.807) is 12.4 Å². The van der Waals surface area contributed by atoms with Crippen LogP contribution in [0.4, 0.5) is 0 Å². The first-order valence-electron chi connectivity index (χ1n) is 7.68. The second-order valence-electron chi connectivity index (χ2n) is 6.28. The molecule has 2 aromatic heterocycles. The number of hydrogen-bond donors (Lipinski definition) is 1. The van der Waals surface area contributed by atoms with Gasteiger partial charge in [-0.3, -0.25) is 9.89 Å². The zero-order valence-corrected chi connectivity index (χ0v) is 12.1. The molecule has 6 heteroatoms. The average molecular weight is 285 g/mol. The molecule has 1 amide bonds. The van der Waals surface area contributed by atoms with Crippen LogP contribution in [0.2, 0.25) is 0 Å². The maximum Gasteiger partial charge on any atom is 0.225 e. The van der Waals surface area contributed by atoms with Gasteiger partial charge in [-0.2, -0.15) is 5.10 Å². The second kappa shape index (κ2) is 4.79. The van der Waals surface area contributed by atoms with Gasteiger partial charge in [-0.05, 0) is 25.2 Å². The SMILES string of the molecule is C[C@@H]1C[C@@H]1C(=O)N1CCC(c2[nH]nc3nccnc23)CC1. The van der Waals surface area contributed by atoms with Crippen LogP contribution < -0.4 is 0 Å². The maximum absolute atomic E-state index is 12.3. The highest BCUT2D eigenvalue weighted by Gasteiger charge is 2.42. The number of nitrogens with one attached hydrogen (secondary N) is 1. The molecule has 21 heavy (non-hydrogen) atoms. The number of likely N-dealkylation sites (tertiary alicyclic amines) is 1. The number of rotatable bonds is 2. The number of carbonyl (C=O) groups excluding carboxylic acids is 1. The van der Waals surface area contributed by atoms with E-state index in [4.69, 9.17) is 0 Å². The van der Waals surface area contributed by atoms with Gasteiger partial charge in [-0.15, -0.1) is 0 Å². The predicted molar refractivity (Wildman–Crippen MR) is 77.5 cm³/mol. The van der Waals surface area contributed by atoms with E-state index in [1.807, 2.05) is 4.90 Å². The predicted octanol–water partition coefficient (Wildman–Crippen LogP) is 1.71. The summed E-state index contributed by atoms with van der Waals surface area (Å²) < 4.78 is 0. The monoisotopic (exact) mass is 285 g/mol. The number of aromatic amines is 1. The average Bonchev–Trinajstić information content (AvgIpc) is 3.10. The van der Waals surface area contributed by atoms with Gasteiger partial charge in [0.2, 0.25) is 5.91 Å². The van der Waals surface area contributed by atoms with Crippen LogP contribution >= 0.6 is 0 Å². The van der Waals surface area contributed by atoms with E-state index in [0.717, 1.165) is 43.6 Å². The molecule has 2 atom stereocenters. The van der Waals surface area contributed by atoms with Gasteiger partial charge in [-0.1, -0.05) is 6.92 Å². The third-order valence-corrected chi connectivity index (χ3v) is 4.86. The Bertz CT molecular complexity index is 674. The van der Waals surface area contributed by atoms with Crippen molar-refractivity contribution in [1.29, 1.82) is 0 Å². The third kappa shape index (κ3) is 2.18. The van der Waals surface area contributed by atoms with Crippen molar-refractivity contribution >= 4 is 17.1 Å². The first-order chi connectivity index (χ1) is 10.2. The van der Waals surface area contributed by atoms with Crippen LogP contribution in [0.15, 0.2) is 12.4 Å². The summed E-state index contributed by atoms with van der Waals surface area (Å²) in [5.74, 6) is 1.63. The van der Waals surface area contributed by atoms with Crippen LogP contribution in [0.5, 0.6) is 0 Å². The van der Waals surface area contributed by atoms with Crippen molar-refractivity contribution in [3.8, 4) is 0 Å². The number of aromatic nitrogens is 4. The van der Waals surface area contributed by atoms with Crippen LogP contribution in [0.25, 0.3) is 11.2 Å². The van der Waals surface area contributed by atoms with Crippen molar-refractivity contribution in [1.82, 2.24) is 25.1 Å². The molecule has 110 valence electrons. The molecular formula is C15H19N5O. The Morgan fingerprint density at radius 1 is 1.29 bits per heavy atom. The van der Waals surface area contributed by atoms with Crippen molar-refractivity contribution in [2.24, 2.45) is 11.8 Å². The maximum atomic E-state index is 12.3. The van der Waals surface area contributed by atoms with Crippen molar-refractivity contribution in [2.75, 3.05) is 13.1 Å². The van der Waals surface area contributed by atoms with Crippen LogP contribution in [-0.4, -0.2) is 44.1 Å². The van der Waals surface area contributed by atoms with E-state index >= 15 is 0 Å². The minimum absolute atomic E-state index is 0.292. The van der Waals surface area contributed by atoms with Gasteiger partial charge in [-0.25, -0.2) is 9.97 Å². The summed E-state index contributed by atoms with van der Waals surface area (Å²) in [5, 5.41) is 7.31. The van der Waals surface area contributed by atoms with Crippen molar-refractivity contribution in [3.63, 3.8) is 0 Å². The van der Waals surface area contributed by atoms with E-state index in [2.05, 4.69) is 27.1 Å². The van der Waals surface area contributed by atoms with E-state index in [-0.39, 0.29) is 0 Å². The minimum Gasteiger partial charge on any atom is -0.342 e.